The summed E-state index contributed by atoms with van der Waals surface area (Å²) < 4.78 is 5.01. The van der Waals surface area contributed by atoms with E-state index in [1.807, 2.05) is 13.8 Å². The number of hydrazine groups is 1. The van der Waals surface area contributed by atoms with Crippen LogP contribution in [0.5, 0.6) is 0 Å². The minimum absolute atomic E-state index is 0.0978. The van der Waals surface area contributed by atoms with E-state index in [2.05, 4.69) is 0 Å². The second-order valence-corrected chi connectivity index (χ2v) is 5.48. The summed E-state index contributed by atoms with van der Waals surface area (Å²) in [6.45, 7) is 6.22. The first-order chi connectivity index (χ1) is 11.3. The Bertz CT molecular complexity index is 696. The number of nitro benzene ring substituents is 1. The third-order valence-corrected chi connectivity index (χ3v) is 3.83. The second-order valence-electron chi connectivity index (χ2n) is 5.48. The average Bonchev–Trinajstić information content (AvgIpc) is 2.56. The van der Waals surface area contributed by atoms with Gasteiger partial charge in [0.1, 0.15) is 0 Å². The van der Waals surface area contributed by atoms with Crippen molar-refractivity contribution in [1.82, 2.24) is 10.0 Å². The van der Waals surface area contributed by atoms with Gasteiger partial charge >= 0.3 is 6.09 Å². The number of ether oxygens (including phenoxy) is 1. The average molecular weight is 333 g/mol. The van der Waals surface area contributed by atoms with Crippen molar-refractivity contribution in [3.05, 3.63) is 51.1 Å². The minimum Gasteiger partial charge on any atom is -0.448 e. The van der Waals surface area contributed by atoms with E-state index < -0.39 is 16.9 Å². The van der Waals surface area contributed by atoms with Gasteiger partial charge in [-0.3, -0.25) is 14.9 Å². The van der Waals surface area contributed by atoms with Gasteiger partial charge in [0.25, 0.3) is 11.6 Å². The molecule has 1 heterocycles. The highest BCUT2D eigenvalue weighted by Gasteiger charge is 2.32. The van der Waals surface area contributed by atoms with Gasteiger partial charge in [0, 0.05) is 17.7 Å². The Balaban J connectivity index is 2.29. The standard InChI is InChI=1S/C16H19N3O5/c1-4-24-16(21)18-10-12(3)11(2)9-17(18)15(20)13-5-7-14(8-6-13)19(22)23/h5-8H,4,9-10H2,1-3H3. The summed E-state index contributed by atoms with van der Waals surface area (Å²) >= 11 is 0. The van der Waals surface area contributed by atoms with Crippen LogP contribution in [0.3, 0.4) is 0 Å². The zero-order valence-corrected chi connectivity index (χ0v) is 13.8. The fraction of sp³-hybridized carbons (Fsp3) is 0.375. The quantitative estimate of drug-likeness (QED) is 0.482. The number of hydrogen-bond donors (Lipinski definition) is 0. The van der Waals surface area contributed by atoms with Gasteiger partial charge in [-0.05, 0) is 32.9 Å². The van der Waals surface area contributed by atoms with Crippen LogP contribution in [0.2, 0.25) is 0 Å². The fourth-order valence-corrected chi connectivity index (χ4v) is 2.31. The molecule has 0 radical (unpaired) electrons. The van der Waals surface area contributed by atoms with Gasteiger partial charge in [-0.2, -0.15) is 0 Å². The van der Waals surface area contributed by atoms with Crippen LogP contribution in [0.15, 0.2) is 35.4 Å². The van der Waals surface area contributed by atoms with Crippen molar-refractivity contribution in [2.75, 3.05) is 19.7 Å². The topological polar surface area (TPSA) is 93.0 Å². The first-order valence-corrected chi connectivity index (χ1v) is 7.51. The molecule has 0 saturated carbocycles. The second kappa shape index (κ2) is 7.12. The maximum absolute atomic E-state index is 12.7. The van der Waals surface area contributed by atoms with Gasteiger partial charge in [-0.25, -0.2) is 14.8 Å². The van der Waals surface area contributed by atoms with Crippen LogP contribution in [-0.4, -0.2) is 46.6 Å². The third-order valence-electron chi connectivity index (χ3n) is 3.83. The van der Waals surface area contributed by atoms with Gasteiger partial charge in [-0.15, -0.1) is 0 Å². The number of nitro groups is 1. The number of benzene rings is 1. The maximum Gasteiger partial charge on any atom is 0.429 e. The van der Waals surface area contributed by atoms with Crippen LogP contribution in [0, 0.1) is 10.1 Å². The molecule has 0 aromatic heterocycles. The lowest BCUT2D eigenvalue weighted by Gasteiger charge is -2.38. The maximum atomic E-state index is 12.7. The van der Waals surface area contributed by atoms with E-state index in [-0.39, 0.29) is 30.9 Å². The van der Waals surface area contributed by atoms with Gasteiger partial charge in [0.05, 0.1) is 24.6 Å². The monoisotopic (exact) mass is 333 g/mol. The van der Waals surface area contributed by atoms with Gasteiger partial charge in [0.2, 0.25) is 0 Å². The zero-order chi connectivity index (χ0) is 17.9. The molecule has 0 saturated heterocycles. The van der Waals surface area contributed by atoms with Crippen molar-refractivity contribution < 1.29 is 19.2 Å². The number of non-ortho nitro benzene ring substituents is 1. The predicted octanol–water partition coefficient (Wildman–Crippen LogP) is 2.76. The van der Waals surface area contributed by atoms with Crippen molar-refractivity contribution in [2.45, 2.75) is 20.8 Å². The number of hydrogen-bond acceptors (Lipinski definition) is 5. The SMILES string of the molecule is CCOC(=O)N1CC(C)=C(C)CN1C(=O)c1ccc([N+](=O)[O-])cc1. The molecule has 0 aliphatic carbocycles. The Hall–Kier alpha value is -2.90. The number of carbonyl (C=O) groups is 2. The zero-order valence-electron chi connectivity index (χ0n) is 13.8. The van der Waals surface area contributed by atoms with Crippen LogP contribution in [0.4, 0.5) is 10.5 Å². The van der Waals surface area contributed by atoms with Crippen LogP contribution in [-0.2, 0) is 4.74 Å². The van der Waals surface area contributed by atoms with Crippen molar-refractivity contribution in [1.29, 1.82) is 0 Å². The van der Waals surface area contributed by atoms with Crippen LogP contribution >= 0.6 is 0 Å². The van der Waals surface area contributed by atoms with E-state index in [0.717, 1.165) is 11.1 Å². The lowest BCUT2D eigenvalue weighted by molar-refractivity contribution is -0.384. The van der Waals surface area contributed by atoms with Crippen LogP contribution in [0.1, 0.15) is 31.1 Å². The number of amides is 2. The van der Waals surface area contributed by atoms with Crippen molar-refractivity contribution in [3.63, 3.8) is 0 Å². The summed E-state index contributed by atoms with van der Waals surface area (Å²) in [6.07, 6.45) is -0.598. The molecule has 24 heavy (non-hydrogen) atoms. The predicted molar refractivity (Wildman–Crippen MR) is 86.2 cm³/mol. The molecule has 1 aromatic rings. The highest BCUT2D eigenvalue weighted by molar-refractivity contribution is 5.95. The Labute approximate surface area is 139 Å². The highest BCUT2D eigenvalue weighted by Crippen LogP contribution is 2.21. The molecule has 0 N–H and O–H groups in total. The summed E-state index contributed by atoms with van der Waals surface area (Å²) in [5, 5.41) is 13.3. The summed E-state index contributed by atoms with van der Waals surface area (Å²) in [4.78, 5) is 35.1. The summed E-state index contributed by atoms with van der Waals surface area (Å²) in [5.74, 6) is -0.412. The third kappa shape index (κ3) is 3.53. The summed E-state index contributed by atoms with van der Waals surface area (Å²) in [7, 11) is 0. The highest BCUT2D eigenvalue weighted by atomic mass is 16.6. The number of carbonyl (C=O) groups excluding carboxylic acids is 2. The van der Waals surface area contributed by atoms with E-state index in [9.17, 15) is 19.7 Å². The van der Waals surface area contributed by atoms with Crippen LogP contribution in [0.25, 0.3) is 0 Å². The van der Waals surface area contributed by atoms with E-state index in [4.69, 9.17) is 4.74 Å². The Morgan fingerprint density at radius 1 is 1.12 bits per heavy atom. The van der Waals surface area contributed by atoms with Crippen molar-refractivity contribution in [3.8, 4) is 0 Å². The van der Waals surface area contributed by atoms with E-state index >= 15 is 0 Å². The molecule has 8 heteroatoms. The van der Waals surface area contributed by atoms with Crippen molar-refractivity contribution >= 4 is 17.7 Å². The van der Waals surface area contributed by atoms with Crippen LogP contribution < -0.4 is 0 Å². The molecule has 1 aliphatic heterocycles. The van der Waals surface area contributed by atoms with E-state index in [0.29, 0.717) is 0 Å². The molecular formula is C16H19N3O5. The molecule has 128 valence electrons. The molecule has 2 rings (SSSR count). The first-order valence-electron chi connectivity index (χ1n) is 7.51. The molecular weight excluding hydrogens is 314 g/mol. The molecule has 0 fully saturated rings. The molecule has 1 aliphatic rings. The molecule has 0 unspecified atom stereocenters. The molecule has 0 spiro atoms. The largest absolute Gasteiger partial charge is 0.448 e. The molecule has 2 amide bonds. The van der Waals surface area contributed by atoms with Crippen molar-refractivity contribution in [2.24, 2.45) is 0 Å². The minimum atomic E-state index is -0.598. The molecule has 0 atom stereocenters. The first kappa shape index (κ1) is 17.5. The van der Waals surface area contributed by atoms with E-state index in [1.165, 1.54) is 34.3 Å². The Morgan fingerprint density at radius 2 is 1.67 bits per heavy atom. The molecule has 8 nitrogen and oxygen atoms in total. The number of nitrogens with zero attached hydrogens (tertiary/aromatic N) is 3. The fourth-order valence-electron chi connectivity index (χ4n) is 2.31. The lowest BCUT2D eigenvalue weighted by atomic mass is 10.1. The van der Waals surface area contributed by atoms with Gasteiger partial charge < -0.3 is 4.74 Å². The van der Waals surface area contributed by atoms with Gasteiger partial charge in [0.15, 0.2) is 0 Å². The normalized spacial score (nSPS) is 14.6. The van der Waals surface area contributed by atoms with E-state index in [1.54, 1.807) is 6.92 Å². The summed E-state index contributed by atoms with van der Waals surface area (Å²) in [5.41, 5.74) is 2.16. The lowest BCUT2D eigenvalue weighted by Crippen LogP contribution is -2.53. The van der Waals surface area contributed by atoms with Gasteiger partial charge in [-0.1, -0.05) is 11.1 Å². The Kier molecular flexibility index (Phi) is 5.18. The molecule has 0 bridgehead atoms. The number of rotatable bonds is 3. The molecule has 1 aromatic carbocycles. The summed E-state index contributed by atoms with van der Waals surface area (Å²) in [6, 6.07) is 5.29. The smallest absolute Gasteiger partial charge is 0.429 e. The Morgan fingerprint density at radius 3 is 2.17 bits per heavy atom.